The molecule has 1 fully saturated rings. The summed E-state index contributed by atoms with van der Waals surface area (Å²) in [5.41, 5.74) is 0. The zero-order valence-electron chi connectivity index (χ0n) is 7.19. The second-order valence-electron chi connectivity index (χ2n) is 2.78. The number of carbonyl (C=O) groups is 1. The van der Waals surface area contributed by atoms with Gasteiger partial charge in [-0.3, -0.25) is 0 Å². The van der Waals surface area contributed by atoms with Gasteiger partial charge in [-0.15, -0.1) is 0 Å². The Morgan fingerprint density at radius 1 is 1.33 bits per heavy atom. The van der Waals surface area contributed by atoms with Crippen molar-refractivity contribution in [3.05, 3.63) is 0 Å². The minimum Gasteiger partial charge on any atom is -0.318 e. The Bertz CT molecular complexity index is 137. The first kappa shape index (κ1) is 9.64. The second kappa shape index (κ2) is 5.24. The van der Waals surface area contributed by atoms with Crippen LogP contribution in [0.3, 0.4) is 0 Å². The topological polar surface area (TPSA) is 44.8 Å². The Hall–Kier alpha value is -0.450. The predicted octanol–water partition coefficient (Wildman–Crippen LogP) is 1.40. The van der Waals surface area contributed by atoms with Gasteiger partial charge in [0.2, 0.25) is 0 Å². The Morgan fingerprint density at radius 2 is 2.17 bits per heavy atom. The molecule has 70 valence electrons. The highest BCUT2D eigenvalue weighted by Crippen LogP contribution is 2.17. The van der Waals surface area contributed by atoms with Gasteiger partial charge in [-0.2, -0.15) is 0 Å². The van der Waals surface area contributed by atoms with E-state index in [0.29, 0.717) is 6.42 Å². The Kier molecular flexibility index (Phi) is 4.21. The van der Waals surface area contributed by atoms with Crippen LogP contribution in [0.5, 0.6) is 0 Å². The van der Waals surface area contributed by atoms with Crippen molar-refractivity contribution in [2.75, 3.05) is 0 Å². The van der Waals surface area contributed by atoms with Crippen LogP contribution in [0, 0.1) is 0 Å². The molecule has 0 aromatic heterocycles. The van der Waals surface area contributed by atoms with Gasteiger partial charge in [0.05, 0.1) is 0 Å². The van der Waals surface area contributed by atoms with Gasteiger partial charge in [-0.05, 0) is 19.8 Å². The molecule has 12 heavy (non-hydrogen) atoms. The molecule has 2 unspecified atom stereocenters. The highest BCUT2D eigenvalue weighted by Gasteiger charge is 2.23. The Morgan fingerprint density at radius 3 is 2.75 bits per heavy atom. The molecule has 1 aliphatic heterocycles. The minimum absolute atomic E-state index is 0.244. The SMILES string of the molecule is CC1OOC(CCCCC=O)O1. The number of unbranched alkanes of at least 4 members (excludes halogenated alkanes) is 2. The average Bonchev–Trinajstić information content (AvgIpc) is 2.45. The largest absolute Gasteiger partial charge is 0.318 e. The van der Waals surface area contributed by atoms with Crippen LogP contribution >= 0.6 is 0 Å². The van der Waals surface area contributed by atoms with Gasteiger partial charge in [-0.25, -0.2) is 9.78 Å². The summed E-state index contributed by atoms with van der Waals surface area (Å²) in [4.78, 5) is 19.5. The number of aldehydes is 1. The van der Waals surface area contributed by atoms with Crippen molar-refractivity contribution in [2.24, 2.45) is 0 Å². The zero-order chi connectivity index (χ0) is 8.81. The molecule has 0 aromatic carbocycles. The molecule has 0 bridgehead atoms. The smallest absolute Gasteiger partial charge is 0.194 e. The molecule has 1 rings (SSSR count). The third kappa shape index (κ3) is 3.30. The molecular weight excluding hydrogens is 160 g/mol. The van der Waals surface area contributed by atoms with Crippen LogP contribution in [-0.2, 0) is 19.3 Å². The van der Waals surface area contributed by atoms with Gasteiger partial charge in [-0.1, -0.05) is 0 Å². The summed E-state index contributed by atoms with van der Waals surface area (Å²) in [6, 6.07) is 0. The van der Waals surface area contributed by atoms with Crippen molar-refractivity contribution >= 4 is 6.29 Å². The monoisotopic (exact) mass is 174 g/mol. The first-order valence-corrected chi connectivity index (χ1v) is 4.24. The lowest BCUT2D eigenvalue weighted by Gasteiger charge is -2.04. The van der Waals surface area contributed by atoms with Crippen molar-refractivity contribution in [1.29, 1.82) is 0 Å². The maximum Gasteiger partial charge on any atom is 0.194 e. The summed E-state index contributed by atoms with van der Waals surface area (Å²) in [5.74, 6) is 0. The second-order valence-corrected chi connectivity index (χ2v) is 2.78. The lowest BCUT2D eigenvalue weighted by Crippen LogP contribution is -2.08. The van der Waals surface area contributed by atoms with Crippen LogP contribution in [0.4, 0.5) is 0 Å². The maximum atomic E-state index is 9.97. The number of ether oxygens (including phenoxy) is 1. The fourth-order valence-electron chi connectivity index (χ4n) is 1.05. The Labute approximate surface area is 71.7 Å². The van der Waals surface area contributed by atoms with E-state index in [2.05, 4.69) is 0 Å². The van der Waals surface area contributed by atoms with E-state index in [1.807, 2.05) is 0 Å². The summed E-state index contributed by atoms with van der Waals surface area (Å²) < 4.78 is 5.21. The van der Waals surface area contributed by atoms with Gasteiger partial charge in [0.1, 0.15) is 6.29 Å². The van der Waals surface area contributed by atoms with Gasteiger partial charge >= 0.3 is 0 Å². The first-order valence-electron chi connectivity index (χ1n) is 4.24. The summed E-state index contributed by atoms with van der Waals surface area (Å²) in [6.07, 6.45) is 3.64. The van der Waals surface area contributed by atoms with Crippen molar-refractivity contribution in [1.82, 2.24) is 0 Å². The fraction of sp³-hybridized carbons (Fsp3) is 0.875. The molecule has 4 nitrogen and oxygen atoms in total. The highest BCUT2D eigenvalue weighted by molar-refractivity contribution is 5.48. The molecule has 0 saturated carbocycles. The summed E-state index contributed by atoms with van der Waals surface area (Å²) in [7, 11) is 0. The normalized spacial score (nSPS) is 29.1. The molecule has 1 saturated heterocycles. The quantitative estimate of drug-likeness (QED) is 0.359. The summed E-state index contributed by atoms with van der Waals surface area (Å²) in [5, 5.41) is 0. The number of hydrogen-bond acceptors (Lipinski definition) is 4. The molecule has 1 aliphatic rings. The number of rotatable bonds is 5. The minimum atomic E-state index is -0.263. The third-order valence-electron chi connectivity index (χ3n) is 1.65. The van der Waals surface area contributed by atoms with Crippen LogP contribution in [0.1, 0.15) is 32.6 Å². The predicted molar refractivity (Wildman–Crippen MR) is 41.0 cm³/mol. The van der Waals surface area contributed by atoms with Crippen LogP contribution in [0.25, 0.3) is 0 Å². The fourth-order valence-corrected chi connectivity index (χ4v) is 1.05. The summed E-state index contributed by atoms with van der Waals surface area (Å²) in [6.45, 7) is 1.78. The summed E-state index contributed by atoms with van der Waals surface area (Å²) >= 11 is 0. The molecule has 0 radical (unpaired) electrons. The molecular formula is C8H14O4. The van der Waals surface area contributed by atoms with Crippen molar-refractivity contribution in [2.45, 2.75) is 45.2 Å². The van der Waals surface area contributed by atoms with E-state index < -0.39 is 0 Å². The maximum absolute atomic E-state index is 9.97. The molecule has 0 spiro atoms. The molecule has 0 amide bonds. The van der Waals surface area contributed by atoms with Crippen molar-refractivity contribution in [3.8, 4) is 0 Å². The van der Waals surface area contributed by atoms with E-state index in [4.69, 9.17) is 14.5 Å². The van der Waals surface area contributed by atoms with Gasteiger partial charge in [0.25, 0.3) is 0 Å². The van der Waals surface area contributed by atoms with E-state index in [9.17, 15) is 4.79 Å². The lowest BCUT2D eigenvalue weighted by atomic mass is 10.2. The molecule has 0 aromatic rings. The van der Waals surface area contributed by atoms with Crippen molar-refractivity contribution < 1.29 is 19.3 Å². The molecule has 4 heteroatoms. The van der Waals surface area contributed by atoms with E-state index >= 15 is 0 Å². The van der Waals surface area contributed by atoms with E-state index in [1.54, 1.807) is 6.92 Å². The lowest BCUT2D eigenvalue weighted by molar-refractivity contribution is -0.294. The molecule has 0 N–H and O–H groups in total. The number of hydrogen-bond donors (Lipinski definition) is 0. The molecule has 2 atom stereocenters. The Balaban J connectivity index is 1.96. The van der Waals surface area contributed by atoms with Gasteiger partial charge in [0.15, 0.2) is 12.6 Å². The van der Waals surface area contributed by atoms with Crippen LogP contribution in [0.15, 0.2) is 0 Å². The van der Waals surface area contributed by atoms with E-state index in [1.165, 1.54) is 0 Å². The van der Waals surface area contributed by atoms with Crippen LogP contribution < -0.4 is 0 Å². The first-order chi connectivity index (χ1) is 5.83. The van der Waals surface area contributed by atoms with E-state index in [0.717, 1.165) is 25.5 Å². The van der Waals surface area contributed by atoms with Gasteiger partial charge < -0.3 is 9.53 Å². The van der Waals surface area contributed by atoms with Crippen molar-refractivity contribution in [3.63, 3.8) is 0 Å². The van der Waals surface area contributed by atoms with E-state index in [-0.39, 0.29) is 12.6 Å². The standard InChI is InChI=1S/C8H14O4/c1-7-10-8(12-11-7)5-3-2-4-6-9/h6-8H,2-5H2,1H3. The number of carbonyl (C=O) groups excluding carboxylic acids is 1. The van der Waals surface area contributed by atoms with Gasteiger partial charge in [0, 0.05) is 12.8 Å². The van der Waals surface area contributed by atoms with Crippen LogP contribution in [-0.4, -0.2) is 18.9 Å². The zero-order valence-corrected chi connectivity index (χ0v) is 7.19. The van der Waals surface area contributed by atoms with Crippen LogP contribution in [0.2, 0.25) is 0 Å². The molecule has 0 aliphatic carbocycles. The average molecular weight is 174 g/mol. The highest BCUT2D eigenvalue weighted by atomic mass is 17.3. The molecule has 1 heterocycles. The third-order valence-corrected chi connectivity index (χ3v) is 1.65.